The number of nitrogens with one attached hydrogen (secondary N) is 1. The van der Waals surface area contributed by atoms with Crippen molar-refractivity contribution in [3.8, 4) is 5.75 Å². The first-order valence-electron chi connectivity index (χ1n) is 7.88. The minimum absolute atomic E-state index is 0.0718. The van der Waals surface area contributed by atoms with Gasteiger partial charge in [0.25, 0.3) is 0 Å². The highest BCUT2D eigenvalue weighted by atomic mass is 19.1. The van der Waals surface area contributed by atoms with Crippen LogP contribution in [0.2, 0.25) is 0 Å². The molecule has 0 fully saturated rings. The Hall–Kier alpha value is -2.19. The van der Waals surface area contributed by atoms with Crippen molar-refractivity contribution in [2.75, 3.05) is 19.8 Å². The Labute approximate surface area is 139 Å². The van der Waals surface area contributed by atoms with Gasteiger partial charge in [-0.15, -0.1) is 0 Å². The SMILES string of the molecule is CCOCCn1c(CNCC(N)=O)nc2ccc(OC(C)F)cc21. The predicted octanol–water partition coefficient (Wildman–Crippen LogP) is 1.34. The average Bonchev–Trinajstić information content (AvgIpc) is 2.84. The first kappa shape index (κ1) is 18.2. The third-order valence-electron chi connectivity index (χ3n) is 3.34. The molecule has 0 saturated carbocycles. The number of hydrogen-bond acceptors (Lipinski definition) is 5. The van der Waals surface area contributed by atoms with Gasteiger partial charge in [-0.25, -0.2) is 9.37 Å². The number of benzene rings is 1. The maximum atomic E-state index is 13.1. The lowest BCUT2D eigenvalue weighted by Crippen LogP contribution is -2.29. The summed E-state index contributed by atoms with van der Waals surface area (Å²) in [6.07, 6.45) is -1.39. The molecule has 1 heterocycles. The monoisotopic (exact) mass is 338 g/mol. The zero-order valence-corrected chi connectivity index (χ0v) is 13.9. The van der Waals surface area contributed by atoms with Crippen LogP contribution in [0.25, 0.3) is 11.0 Å². The van der Waals surface area contributed by atoms with E-state index in [2.05, 4.69) is 10.3 Å². The minimum Gasteiger partial charge on any atom is -0.461 e. The normalized spacial score (nSPS) is 12.5. The summed E-state index contributed by atoms with van der Waals surface area (Å²) in [5, 5.41) is 2.95. The van der Waals surface area contributed by atoms with Crippen molar-refractivity contribution in [3.63, 3.8) is 0 Å². The number of hydrogen-bond donors (Lipinski definition) is 2. The van der Waals surface area contributed by atoms with Gasteiger partial charge in [-0.2, -0.15) is 0 Å². The summed E-state index contributed by atoms with van der Waals surface area (Å²) in [6.45, 7) is 5.45. The van der Waals surface area contributed by atoms with Gasteiger partial charge in [0.05, 0.1) is 30.7 Å². The van der Waals surface area contributed by atoms with E-state index >= 15 is 0 Å². The van der Waals surface area contributed by atoms with Gasteiger partial charge in [-0.1, -0.05) is 0 Å². The molecule has 0 spiro atoms. The largest absolute Gasteiger partial charge is 0.461 e. The molecule has 24 heavy (non-hydrogen) atoms. The van der Waals surface area contributed by atoms with Crippen molar-refractivity contribution >= 4 is 16.9 Å². The predicted molar refractivity (Wildman–Crippen MR) is 88.3 cm³/mol. The molecule has 0 aliphatic rings. The number of ether oxygens (including phenoxy) is 2. The zero-order valence-electron chi connectivity index (χ0n) is 13.9. The van der Waals surface area contributed by atoms with Gasteiger partial charge in [0, 0.05) is 26.1 Å². The minimum atomic E-state index is -1.39. The number of carbonyl (C=O) groups is 1. The Morgan fingerprint density at radius 1 is 1.50 bits per heavy atom. The summed E-state index contributed by atoms with van der Waals surface area (Å²) in [6, 6.07) is 5.21. The fraction of sp³-hybridized carbons (Fsp3) is 0.500. The summed E-state index contributed by atoms with van der Waals surface area (Å²) in [5.41, 5.74) is 6.72. The van der Waals surface area contributed by atoms with Crippen LogP contribution in [0.15, 0.2) is 18.2 Å². The summed E-state index contributed by atoms with van der Waals surface area (Å²) < 4.78 is 25.6. The lowest BCUT2D eigenvalue weighted by Gasteiger charge is -2.11. The Kier molecular flexibility index (Phi) is 6.51. The molecule has 2 aromatic rings. The van der Waals surface area contributed by atoms with E-state index < -0.39 is 12.3 Å². The first-order valence-corrected chi connectivity index (χ1v) is 7.88. The number of nitrogens with two attached hydrogens (primary N) is 1. The molecule has 8 heteroatoms. The quantitative estimate of drug-likeness (QED) is 0.638. The molecule has 132 valence electrons. The molecule has 0 radical (unpaired) electrons. The number of nitrogens with zero attached hydrogens (tertiary/aromatic N) is 2. The third-order valence-corrected chi connectivity index (χ3v) is 3.34. The van der Waals surface area contributed by atoms with Gasteiger partial charge < -0.3 is 25.1 Å². The molecular weight excluding hydrogens is 315 g/mol. The topological polar surface area (TPSA) is 91.4 Å². The average molecular weight is 338 g/mol. The third kappa shape index (κ3) is 4.90. The van der Waals surface area contributed by atoms with E-state index in [-0.39, 0.29) is 6.54 Å². The van der Waals surface area contributed by atoms with Crippen LogP contribution in [0.1, 0.15) is 19.7 Å². The summed E-state index contributed by atoms with van der Waals surface area (Å²) in [5.74, 6) is 0.753. The van der Waals surface area contributed by atoms with E-state index in [1.165, 1.54) is 6.92 Å². The Balaban J connectivity index is 2.28. The van der Waals surface area contributed by atoms with Crippen molar-refractivity contribution in [2.45, 2.75) is 33.3 Å². The Morgan fingerprint density at radius 2 is 2.29 bits per heavy atom. The van der Waals surface area contributed by atoms with Crippen molar-refractivity contribution < 1.29 is 18.7 Å². The number of fused-ring (bicyclic) bond motifs is 1. The van der Waals surface area contributed by atoms with E-state index in [9.17, 15) is 9.18 Å². The molecule has 0 aliphatic heterocycles. The van der Waals surface area contributed by atoms with Gasteiger partial charge in [-0.3, -0.25) is 4.79 Å². The molecule has 3 N–H and O–H groups in total. The van der Waals surface area contributed by atoms with Crippen LogP contribution in [0.3, 0.4) is 0 Å². The summed E-state index contributed by atoms with van der Waals surface area (Å²) in [4.78, 5) is 15.4. The van der Waals surface area contributed by atoms with Crippen molar-refractivity contribution in [1.29, 1.82) is 0 Å². The maximum Gasteiger partial charge on any atom is 0.235 e. The van der Waals surface area contributed by atoms with Crippen molar-refractivity contribution in [1.82, 2.24) is 14.9 Å². The molecule has 1 aromatic carbocycles. The van der Waals surface area contributed by atoms with E-state index in [0.29, 0.717) is 32.1 Å². The van der Waals surface area contributed by atoms with E-state index in [4.69, 9.17) is 15.2 Å². The van der Waals surface area contributed by atoms with Crippen LogP contribution >= 0.6 is 0 Å². The molecule has 1 aromatic heterocycles. The summed E-state index contributed by atoms with van der Waals surface area (Å²) >= 11 is 0. The highest BCUT2D eigenvalue weighted by Crippen LogP contribution is 2.23. The smallest absolute Gasteiger partial charge is 0.235 e. The van der Waals surface area contributed by atoms with Gasteiger partial charge in [0.1, 0.15) is 11.6 Å². The second-order valence-corrected chi connectivity index (χ2v) is 5.26. The van der Waals surface area contributed by atoms with Crippen molar-refractivity contribution in [2.24, 2.45) is 5.73 Å². The number of imidazole rings is 1. The summed E-state index contributed by atoms with van der Waals surface area (Å²) in [7, 11) is 0. The first-order chi connectivity index (χ1) is 11.5. The molecule has 7 nitrogen and oxygen atoms in total. The number of amides is 1. The maximum absolute atomic E-state index is 13.1. The molecule has 2 rings (SSSR count). The standard InChI is InChI=1S/C16H23FN4O3/c1-3-23-7-6-21-14-8-12(24-11(2)17)4-5-13(14)20-16(21)10-19-9-15(18)22/h4-5,8,11,19H,3,6-7,9-10H2,1-2H3,(H2,18,22). The fourth-order valence-corrected chi connectivity index (χ4v) is 2.40. The number of halogens is 1. The van der Waals surface area contributed by atoms with Crippen LogP contribution in [0.5, 0.6) is 5.75 Å². The lowest BCUT2D eigenvalue weighted by molar-refractivity contribution is -0.117. The zero-order chi connectivity index (χ0) is 17.5. The van der Waals surface area contributed by atoms with E-state index in [1.807, 2.05) is 11.5 Å². The van der Waals surface area contributed by atoms with Gasteiger partial charge in [-0.05, 0) is 19.1 Å². The molecule has 0 saturated heterocycles. The Bertz CT molecular complexity index is 687. The molecule has 1 unspecified atom stereocenters. The molecular formula is C16H23FN4O3. The van der Waals surface area contributed by atoms with Crippen LogP contribution in [-0.2, 0) is 22.6 Å². The molecule has 1 amide bonds. The lowest BCUT2D eigenvalue weighted by atomic mass is 10.3. The van der Waals surface area contributed by atoms with E-state index in [0.717, 1.165) is 16.9 Å². The van der Waals surface area contributed by atoms with Crippen LogP contribution in [0.4, 0.5) is 4.39 Å². The second-order valence-electron chi connectivity index (χ2n) is 5.26. The van der Waals surface area contributed by atoms with E-state index in [1.54, 1.807) is 18.2 Å². The molecule has 1 atom stereocenters. The molecule has 0 aliphatic carbocycles. The number of aromatic nitrogens is 2. The number of rotatable bonds is 10. The molecule has 0 bridgehead atoms. The number of carbonyl (C=O) groups excluding carboxylic acids is 1. The highest BCUT2D eigenvalue weighted by molar-refractivity contribution is 5.78. The Morgan fingerprint density at radius 3 is 2.96 bits per heavy atom. The number of primary amides is 1. The van der Waals surface area contributed by atoms with Gasteiger partial charge >= 0.3 is 0 Å². The second kappa shape index (κ2) is 8.60. The van der Waals surface area contributed by atoms with Crippen molar-refractivity contribution in [3.05, 3.63) is 24.0 Å². The van der Waals surface area contributed by atoms with Gasteiger partial charge in [0.2, 0.25) is 12.3 Å². The van der Waals surface area contributed by atoms with Crippen LogP contribution in [0, 0.1) is 0 Å². The van der Waals surface area contributed by atoms with Gasteiger partial charge in [0.15, 0.2) is 0 Å². The fourth-order valence-electron chi connectivity index (χ4n) is 2.40. The number of alkyl halides is 1. The van der Waals surface area contributed by atoms with Crippen LogP contribution < -0.4 is 15.8 Å². The van der Waals surface area contributed by atoms with Crippen LogP contribution in [-0.4, -0.2) is 41.6 Å². The highest BCUT2D eigenvalue weighted by Gasteiger charge is 2.12.